The third-order valence-corrected chi connectivity index (χ3v) is 9.23. The molecule has 0 radical (unpaired) electrons. The lowest BCUT2D eigenvalue weighted by Gasteiger charge is -2.19. The number of aromatic nitrogens is 10. The number of nitrogens with one attached hydrogen (secondary N) is 3. The predicted octanol–water partition coefficient (Wildman–Crippen LogP) is 2.34. The van der Waals surface area contributed by atoms with Crippen molar-refractivity contribution in [1.82, 2.24) is 60.1 Å². The Morgan fingerprint density at radius 1 is 0.800 bits per heavy atom. The fraction of sp³-hybridized carbons (Fsp3) is 0.278. The number of carbonyl (C=O) groups is 4. The number of pyridine rings is 2. The maximum atomic E-state index is 14.3. The van der Waals surface area contributed by atoms with Crippen LogP contribution in [-0.2, 0) is 35.6 Å². The predicted molar refractivity (Wildman–Crippen MR) is 218 cm³/mol. The normalized spacial score (nSPS) is 15.5. The number of fused-ring (bicyclic) bond motifs is 2. The molecule has 3 N–H and O–H groups in total. The van der Waals surface area contributed by atoms with E-state index >= 15 is 0 Å². The number of likely N-dealkylation sites (N-methyl/N-ethyl adjacent to an activating group) is 2. The highest BCUT2D eigenvalue weighted by molar-refractivity contribution is 9.08. The molecule has 2 aliphatic rings. The van der Waals surface area contributed by atoms with Gasteiger partial charge in [-0.15, -0.1) is 17.0 Å². The maximum absolute atomic E-state index is 14.3. The summed E-state index contributed by atoms with van der Waals surface area (Å²) in [5, 5.41) is 23.5. The molecule has 0 unspecified atom stereocenters. The van der Waals surface area contributed by atoms with Crippen molar-refractivity contribution < 1.29 is 37.4 Å². The van der Waals surface area contributed by atoms with Gasteiger partial charge >= 0.3 is 0 Å². The van der Waals surface area contributed by atoms with Gasteiger partial charge in [0.15, 0.2) is 46.2 Å². The fourth-order valence-corrected chi connectivity index (χ4v) is 5.96. The van der Waals surface area contributed by atoms with Gasteiger partial charge in [-0.25, -0.2) is 18.7 Å². The minimum Gasteiger partial charge on any atom is -0.487 e. The number of aromatic amines is 1. The highest BCUT2D eigenvalue weighted by atomic mass is 79.9. The van der Waals surface area contributed by atoms with Gasteiger partial charge in [-0.3, -0.25) is 48.1 Å². The number of aryl methyl sites for hydroxylation is 2. The standard InChI is InChI=1S/C18H18FN7O3.C13H12FN5O3.C5H7BrN2.BrH/c1-24-7-11(6-21-24)8-26-9-12(19)15(23-26)17(27)22-13-10-29-14-4-3-5-20-16(14)25(2)18(13)28;1-19-11-9(3-2-4-15-11)22-6-8(13(19)21)17-12(20)10-7(14)5-16-18-10;1-8-4-5(2-6)3-7-8;/h3-7,9,13H,8,10H2,1-2H3,(H,22,27);2-5,8H,6H2,1H3,(H,16,18)(H,17,20);3-4H,2H2,1H3;1H/t13-;8-;;/m00../s1. The van der Waals surface area contributed by atoms with Gasteiger partial charge in [0, 0.05) is 69.4 Å². The van der Waals surface area contributed by atoms with Crippen LogP contribution in [0.4, 0.5) is 20.4 Å². The van der Waals surface area contributed by atoms with Gasteiger partial charge in [-0.2, -0.15) is 20.4 Å². The Labute approximate surface area is 359 Å². The van der Waals surface area contributed by atoms with Gasteiger partial charge in [-0.1, -0.05) is 15.9 Å². The summed E-state index contributed by atoms with van der Waals surface area (Å²) in [5.41, 5.74) is 1.29. The average molecular weight is 961 g/mol. The molecule has 8 rings (SSSR count). The van der Waals surface area contributed by atoms with Crippen molar-refractivity contribution in [3.05, 3.63) is 108 Å². The minimum absolute atomic E-state index is 0. The van der Waals surface area contributed by atoms with Crippen LogP contribution in [0.1, 0.15) is 32.1 Å². The summed E-state index contributed by atoms with van der Waals surface area (Å²) in [4.78, 5) is 60.4. The summed E-state index contributed by atoms with van der Waals surface area (Å²) in [6.07, 6.45) is 12.3. The SMILES string of the molecule is Br.CN1C(=O)[C@@H](NC(=O)c2[nH]ncc2F)COc2cccnc21.CN1C(=O)[C@@H](NC(=O)c2nn(Cc3cnn(C)c3)cc2F)COc2cccnc21.Cn1cc(CBr)cn1. The first-order valence-corrected chi connectivity index (χ1v) is 18.7. The average Bonchev–Trinajstić information content (AvgIpc) is 4.03. The van der Waals surface area contributed by atoms with Gasteiger partial charge in [0.1, 0.15) is 25.3 Å². The number of hydrogen-bond donors (Lipinski definition) is 3. The second-order valence-electron chi connectivity index (χ2n) is 12.9. The number of H-pyrrole nitrogens is 1. The second kappa shape index (κ2) is 19.9. The third-order valence-electron chi connectivity index (χ3n) is 8.58. The first-order valence-electron chi connectivity index (χ1n) is 17.6. The van der Waals surface area contributed by atoms with E-state index in [1.165, 1.54) is 46.5 Å². The van der Waals surface area contributed by atoms with Gasteiger partial charge in [0.05, 0.1) is 31.3 Å². The van der Waals surface area contributed by atoms with Crippen LogP contribution in [0.3, 0.4) is 0 Å². The Hall–Kier alpha value is -6.56. The number of carbonyl (C=O) groups excluding carboxylic acids is 4. The zero-order chi connectivity index (χ0) is 42.2. The molecule has 8 heterocycles. The van der Waals surface area contributed by atoms with Crippen LogP contribution in [0, 0.1) is 11.6 Å². The second-order valence-corrected chi connectivity index (χ2v) is 13.5. The summed E-state index contributed by atoms with van der Waals surface area (Å²) < 4.78 is 43.4. The number of rotatable bonds is 7. The Morgan fingerprint density at radius 3 is 1.80 bits per heavy atom. The summed E-state index contributed by atoms with van der Waals surface area (Å²) in [6, 6.07) is 4.73. The number of nitrogens with zero attached hydrogens (tertiary/aromatic N) is 11. The molecular formula is C36H38Br2F2N14O6. The van der Waals surface area contributed by atoms with Crippen LogP contribution in [-0.4, -0.2) is 113 Å². The number of ether oxygens (including phenoxy) is 2. The first-order chi connectivity index (χ1) is 28.3. The largest absolute Gasteiger partial charge is 0.487 e. The first kappa shape index (κ1) is 44.5. The van der Waals surface area contributed by atoms with Gasteiger partial charge in [0.25, 0.3) is 23.6 Å². The molecule has 24 heteroatoms. The van der Waals surface area contributed by atoms with E-state index in [1.807, 2.05) is 19.4 Å². The van der Waals surface area contributed by atoms with Crippen molar-refractivity contribution in [2.45, 2.75) is 24.0 Å². The number of alkyl halides is 1. The van der Waals surface area contributed by atoms with E-state index in [1.54, 1.807) is 53.1 Å². The molecule has 2 atom stereocenters. The van der Waals surface area contributed by atoms with E-state index in [2.05, 4.69) is 62.0 Å². The highest BCUT2D eigenvalue weighted by Crippen LogP contribution is 2.28. The molecule has 0 saturated heterocycles. The topological polar surface area (TPSA) is 225 Å². The lowest BCUT2D eigenvalue weighted by Crippen LogP contribution is -2.49. The lowest BCUT2D eigenvalue weighted by atomic mass is 10.2. The molecule has 0 aliphatic carbocycles. The van der Waals surface area contributed by atoms with Crippen LogP contribution in [0.15, 0.2) is 73.8 Å². The van der Waals surface area contributed by atoms with E-state index in [4.69, 9.17) is 9.47 Å². The molecule has 6 aromatic rings. The van der Waals surface area contributed by atoms with Crippen LogP contribution < -0.4 is 29.9 Å². The molecule has 316 valence electrons. The van der Waals surface area contributed by atoms with Crippen molar-refractivity contribution >= 4 is 68.2 Å². The molecule has 2 aliphatic heterocycles. The number of anilines is 2. The van der Waals surface area contributed by atoms with E-state index < -0.39 is 53.0 Å². The Balaban J connectivity index is 0.000000194. The number of amides is 4. The van der Waals surface area contributed by atoms with Gasteiger partial charge < -0.3 is 20.1 Å². The summed E-state index contributed by atoms with van der Waals surface area (Å²) in [5.74, 6) is -2.43. The Morgan fingerprint density at radius 2 is 1.33 bits per heavy atom. The zero-order valence-corrected chi connectivity index (χ0v) is 35.6. The molecule has 0 spiro atoms. The molecule has 0 aromatic carbocycles. The number of halogens is 4. The quantitative estimate of drug-likeness (QED) is 0.196. The minimum atomic E-state index is -1.01. The zero-order valence-electron chi connectivity index (χ0n) is 32.3. The Bertz CT molecular complexity index is 2460. The molecule has 60 heavy (non-hydrogen) atoms. The van der Waals surface area contributed by atoms with Crippen molar-refractivity contribution in [1.29, 1.82) is 0 Å². The van der Waals surface area contributed by atoms with Gasteiger partial charge in [0.2, 0.25) is 0 Å². The van der Waals surface area contributed by atoms with Crippen molar-refractivity contribution in [3.63, 3.8) is 0 Å². The van der Waals surface area contributed by atoms with Crippen molar-refractivity contribution in [3.8, 4) is 11.5 Å². The van der Waals surface area contributed by atoms with Gasteiger partial charge in [-0.05, 0) is 24.3 Å². The Kier molecular flexibility index (Phi) is 14.8. The molecule has 4 amide bonds. The highest BCUT2D eigenvalue weighted by Gasteiger charge is 2.34. The molecule has 6 aromatic heterocycles. The van der Waals surface area contributed by atoms with Crippen molar-refractivity contribution in [2.24, 2.45) is 14.1 Å². The van der Waals surface area contributed by atoms with Crippen LogP contribution in [0.2, 0.25) is 0 Å². The van der Waals surface area contributed by atoms with E-state index in [0.717, 1.165) is 23.3 Å². The summed E-state index contributed by atoms with van der Waals surface area (Å²) in [7, 11) is 6.73. The summed E-state index contributed by atoms with van der Waals surface area (Å²) in [6.45, 7) is 0.0716. The van der Waals surface area contributed by atoms with E-state index in [9.17, 15) is 28.0 Å². The molecule has 20 nitrogen and oxygen atoms in total. The number of hydrogen-bond acceptors (Lipinski definition) is 12. The molecular weight excluding hydrogens is 922 g/mol. The molecule has 0 fully saturated rings. The van der Waals surface area contributed by atoms with E-state index in [-0.39, 0.29) is 42.4 Å². The molecule has 0 bridgehead atoms. The maximum Gasteiger partial charge on any atom is 0.275 e. The van der Waals surface area contributed by atoms with E-state index in [0.29, 0.717) is 23.1 Å². The monoisotopic (exact) mass is 958 g/mol. The molecule has 0 saturated carbocycles. The van der Waals surface area contributed by atoms with Crippen LogP contribution in [0.5, 0.6) is 11.5 Å². The fourth-order valence-electron chi connectivity index (χ4n) is 5.67. The van der Waals surface area contributed by atoms with Crippen LogP contribution >= 0.6 is 32.9 Å². The third kappa shape index (κ3) is 10.5. The summed E-state index contributed by atoms with van der Waals surface area (Å²) >= 11 is 3.32. The smallest absolute Gasteiger partial charge is 0.275 e. The van der Waals surface area contributed by atoms with Crippen LogP contribution in [0.25, 0.3) is 0 Å². The lowest BCUT2D eigenvalue weighted by molar-refractivity contribution is -0.121. The van der Waals surface area contributed by atoms with Crippen molar-refractivity contribution in [2.75, 3.05) is 37.1 Å².